The number of ketones is 1. The summed E-state index contributed by atoms with van der Waals surface area (Å²) in [7, 11) is -1.09. The fourth-order valence-electron chi connectivity index (χ4n) is 1.17. The Morgan fingerprint density at radius 2 is 1.88 bits per heavy atom. The van der Waals surface area contributed by atoms with Gasteiger partial charge in [-0.3, -0.25) is 13.8 Å². The van der Waals surface area contributed by atoms with Gasteiger partial charge in [-0.1, -0.05) is 13.8 Å². The average molecular weight is 262 g/mol. The Kier molecular flexibility index (Phi) is 8.94. The molecule has 5 heteroatoms. The summed E-state index contributed by atoms with van der Waals surface area (Å²) in [5.41, 5.74) is 0. The number of esters is 1. The Bertz CT molecular complexity index is 274. The van der Waals surface area contributed by atoms with Crippen LogP contribution in [0.15, 0.2) is 0 Å². The van der Waals surface area contributed by atoms with E-state index in [-0.39, 0.29) is 30.3 Å². The summed E-state index contributed by atoms with van der Waals surface area (Å²) in [5, 5.41) is 0. The highest BCUT2D eigenvalue weighted by Gasteiger charge is 2.11. The molecule has 0 amide bonds. The molecule has 0 N–H and O–H groups in total. The molecule has 0 aliphatic heterocycles. The van der Waals surface area contributed by atoms with Gasteiger partial charge in [-0.2, -0.15) is 0 Å². The van der Waals surface area contributed by atoms with Crippen molar-refractivity contribution in [3.63, 3.8) is 0 Å². The molecule has 0 aromatic heterocycles. The van der Waals surface area contributed by atoms with Crippen molar-refractivity contribution in [2.45, 2.75) is 40.0 Å². The van der Waals surface area contributed by atoms with Crippen LogP contribution >= 0.6 is 0 Å². The van der Waals surface area contributed by atoms with Crippen molar-refractivity contribution in [1.82, 2.24) is 0 Å². The Morgan fingerprint density at radius 3 is 2.41 bits per heavy atom. The van der Waals surface area contributed by atoms with Gasteiger partial charge in [0.2, 0.25) is 0 Å². The second kappa shape index (κ2) is 9.33. The number of ether oxygens (including phenoxy) is 1. The number of carbonyl (C=O) groups excluding carboxylic acids is 2. The summed E-state index contributed by atoms with van der Waals surface area (Å²) < 4.78 is 16.2. The van der Waals surface area contributed by atoms with E-state index < -0.39 is 10.8 Å². The van der Waals surface area contributed by atoms with Crippen molar-refractivity contribution >= 4 is 22.6 Å². The number of hydrogen-bond acceptors (Lipinski definition) is 4. The summed E-state index contributed by atoms with van der Waals surface area (Å²) in [6.45, 7) is 6.16. The van der Waals surface area contributed by atoms with Crippen molar-refractivity contribution in [3.8, 4) is 0 Å². The minimum absolute atomic E-state index is 0.0616. The quantitative estimate of drug-likeness (QED) is 0.593. The highest BCUT2D eigenvalue weighted by Crippen LogP contribution is 2.02. The topological polar surface area (TPSA) is 60.4 Å². The first kappa shape index (κ1) is 16.3. The maximum Gasteiger partial charge on any atom is 0.306 e. The van der Waals surface area contributed by atoms with Crippen LogP contribution in [0, 0.1) is 5.92 Å². The van der Waals surface area contributed by atoms with E-state index in [0.29, 0.717) is 18.3 Å². The summed E-state index contributed by atoms with van der Waals surface area (Å²) in [5.74, 6) is 0.622. The van der Waals surface area contributed by atoms with Crippen LogP contribution in [0.25, 0.3) is 0 Å². The average Bonchev–Trinajstić information content (AvgIpc) is 2.24. The van der Waals surface area contributed by atoms with Gasteiger partial charge in [0.05, 0.1) is 18.8 Å². The van der Waals surface area contributed by atoms with Crippen LogP contribution < -0.4 is 0 Å². The molecule has 17 heavy (non-hydrogen) atoms. The SMILES string of the molecule is CCOC(=O)CCC(=O)CS(=O)CCC(C)C. The van der Waals surface area contributed by atoms with E-state index >= 15 is 0 Å². The molecule has 0 aromatic carbocycles. The molecule has 0 saturated heterocycles. The Balaban J connectivity index is 3.71. The monoisotopic (exact) mass is 262 g/mol. The van der Waals surface area contributed by atoms with Gasteiger partial charge in [0, 0.05) is 23.0 Å². The number of carbonyl (C=O) groups is 2. The molecular weight excluding hydrogens is 240 g/mol. The maximum absolute atomic E-state index is 11.5. The molecule has 0 saturated carbocycles. The predicted molar refractivity (Wildman–Crippen MR) is 68.2 cm³/mol. The lowest BCUT2D eigenvalue weighted by Gasteiger charge is -2.04. The fourth-order valence-corrected chi connectivity index (χ4v) is 2.55. The number of hydrogen-bond donors (Lipinski definition) is 0. The second-order valence-corrected chi connectivity index (χ2v) is 5.89. The van der Waals surface area contributed by atoms with E-state index in [0.717, 1.165) is 6.42 Å². The zero-order chi connectivity index (χ0) is 13.3. The molecule has 0 rings (SSSR count). The van der Waals surface area contributed by atoms with Crippen LogP contribution in [0.4, 0.5) is 0 Å². The lowest BCUT2D eigenvalue weighted by Crippen LogP contribution is -2.15. The minimum Gasteiger partial charge on any atom is -0.466 e. The van der Waals surface area contributed by atoms with Gasteiger partial charge in [0.1, 0.15) is 5.78 Å². The molecule has 1 atom stereocenters. The highest BCUT2D eigenvalue weighted by molar-refractivity contribution is 7.85. The molecule has 0 spiro atoms. The Morgan fingerprint density at radius 1 is 1.24 bits per heavy atom. The van der Waals surface area contributed by atoms with E-state index in [2.05, 4.69) is 13.8 Å². The molecule has 4 nitrogen and oxygen atoms in total. The highest BCUT2D eigenvalue weighted by atomic mass is 32.2. The van der Waals surface area contributed by atoms with Crippen molar-refractivity contribution in [1.29, 1.82) is 0 Å². The van der Waals surface area contributed by atoms with Gasteiger partial charge < -0.3 is 4.74 Å². The summed E-state index contributed by atoms with van der Waals surface area (Å²) in [6.07, 6.45) is 1.08. The van der Waals surface area contributed by atoms with Crippen molar-refractivity contribution in [2.24, 2.45) is 5.92 Å². The third kappa shape index (κ3) is 10.2. The number of Topliss-reactive ketones (excluding diaryl/α,β-unsaturated/α-hetero) is 1. The standard InChI is InChI=1S/C12H22O4S/c1-4-16-12(14)6-5-11(13)9-17(15)8-7-10(2)3/h10H,4-9H2,1-3H3. The minimum atomic E-state index is -1.09. The Labute approximate surface area is 106 Å². The molecular formula is C12H22O4S. The molecule has 0 aliphatic carbocycles. The summed E-state index contributed by atoms with van der Waals surface area (Å²) in [6, 6.07) is 0. The summed E-state index contributed by atoms with van der Waals surface area (Å²) >= 11 is 0. The number of rotatable bonds is 9. The van der Waals surface area contributed by atoms with E-state index in [9.17, 15) is 13.8 Å². The van der Waals surface area contributed by atoms with Crippen molar-refractivity contribution in [3.05, 3.63) is 0 Å². The zero-order valence-corrected chi connectivity index (χ0v) is 11.7. The second-order valence-electron chi connectivity index (χ2n) is 4.31. The van der Waals surface area contributed by atoms with Crippen LogP contribution in [-0.2, 0) is 25.1 Å². The maximum atomic E-state index is 11.5. The van der Waals surface area contributed by atoms with E-state index in [1.54, 1.807) is 6.92 Å². The van der Waals surface area contributed by atoms with E-state index in [1.165, 1.54) is 0 Å². The molecule has 0 fully saturated rings. The van der Waals surface area contributed by atoms with Crippen LogP contribution in [0.2, 0.25) is 0 Å². The van der Waals surface area contributed by atoms with E-state index in [4.69, 9.17) is 4.74 Å². The van der Waals surface area contributed by atoms with Gasteiger partial charge >= 0.3 is 5.97 Å². The summed E-state index contributed by atoms with van der Waals surface area (Å²) in [4.78, 5) is 22.4. The fraction of sp³-hybridized carbons (Fsp3) is 0.833. The molecule has 0 aliphatic rings. The van der Waals surface area contributed by atoms with Gasteiger partial charge in [-0.25, -0.2) is 0 Å². The first-order valence-corrected chi connectivity index (χ1v) is 7.46. The van der Waals surface area contributed by atoms with E-state index in [1.807, 2.05) is 0 Å². The third-order valence-corrected chi connectivity index (χ3v) is 3.49. The molecule has 0 heterocycles. The van der Waals surface area contributed by atoms with Crippen LogP contribution in [0.3, 0.4) is 0 Å². The largest absolute Gasteiger partial charge is 0.466 e. The van der Waals surface area contributed by atoms with Crippen molar-refractivity contribution < 1.29 is 18.5 Å². The van der Waals surface area contributed by atoms with Gasteiger partial charge in [0.15, 0.2) is 0 Å². The van der Waals surface area contributed by atoms with Gasteiger partial charge in [-0.05, 0) is 19.3 Å². The predicted octanol–water partition coefficient (Wildman–Crippen LogP) is 1.69. The van der Waals surface area contributed by atoms with Crippen molar-refractivity contribution in [2.75, 3.05) is 18.1 Å². The molecule has 0 radical (unpaired) electrons. The molecule has 0 aromatic rings. The lowest BCUT2D eigenvalue weighted by atomic mass is 10.2. The molecule has 100 valence electrons. The van der Waals surface area contributed by atoms with Gasteiger partial charge in [-0.15, -0.1) is 0 Å². The Hall–Kier alpha value is -0.710. The first-order valence-electron chi connectivity index (χ1n) is 5.98. The lowest BCUT2D eigenvalue weighted by molar-refractivity contribution is -0.144. The van der Waals surface area contributed by atoms with Crippen LogP contribution in [-0.4, -0.2) is 34.1 Å². The molecule has 1 unspecified atom stereocenters. The molecule has 0 bridgehead atoms. The van der Waals surface area contributed by atoms with Gasteiger partial charge in [0.25, 0.3) is 0 Å². The smallest absolute Gasteiger partial charge is 0.306 e. The third-order valence-electron chi connectivity index (χ3n) is 2.16. The normalized spacial score (nSPS) is 12.5. The van der Waals surface area contributed by atoms with Crippen LogP contribution in [0.1, 0.15) is 40.0 Å². The first-order chi connectivity index (χ1) is 7.95. The zero-order valence-electron chi connectivity index (χ0n) is 10.9. The van der Waals surface area contributed by atoms with Crippen LogP contribution in [0.5, 0.6) is 0 Å².